The number of halogens is 9. The van der Waals surface area contributed by atoms with Gasteiger partial charge in [-0.25, -0.2) is 8.78 Å². The highest BCUT2D eigenvalue weighted by atomic mass is 79.9. The van der Waals surface area contributed by atoms with Gasteiger partial charge in [-0.3, -0.25) is 9.59 Å². The van der Waals surface area contributed by atoms with Crippen molar-refractivity contribution in [3.63, 3.8) is 0 Å². The van der Waals surface area contributed by atoms with Crippen LogP contribution in [0.1, 0.15) is 27.4 Å². The molecule has 0 heterocycles. The van der Waals surface area contributed by atoms with Gasteiger partial charge in [-0.15, -0.1) is 23.2 Å². The largest absolute Gasteiger partial charge is 0.416 e. The Morgan fingerprint density at radius 3 is 2.30 bits per heavy atom. The van der Waals surface area contributed by atoms with Crippen molar-refractivity contribution in [1.82, 2.24) is 0 Å². The number of hydrogen-bond donors (Lipinski definition) is 2. The summed E-state index contributed by atoms with van der Waals surface area (Å²) in [7, 11) is 0. The molecule has 0 unspecified atom stereocenters. The SMILES string of the molecule is O=C(Nc1ccc(F)cc1F)c1cc(NC(=O)[C@H]2[C@H](c3cc(Br)cc(C(F)(F)F)c3)C2(Cl)Cl)ccc1Cl. The van der Waals surface area contributed by atoms with Crippen molar-refractivity contribution in [3.8, 4) is 0 Å². The van der Waals surface area contributed by atoms with Gasteiger partial charge >= 0.3 is 6.18 Å². The number of carbonyl (C=O) groups is 2. The first-order valence-corrected chi connectivity index (χ1v) is 12.2. The second-order valence-corrected chi connectivity index (χ2v) is 10.9. The third kappa shape index (κ3) is 5.87. The van der Waals surface area contributed by atoms with Crippen molar-refractivity contribution in [2.45, 2.75) is 16.4 Å². The molecule has 1 saturated carbocycles. The summed E-state index contributed by atoms with van der Waals surface area (Å²) in [5.41, 5.74) is -1.15. The van der Waals surface area contributed by atoms with Crippen molar-refractivity contribution >= 4 is 73.9 Å². The summed E-state index contributed by atoms with van der Waals surface area (Å²) < 4.78 is 65.2. The van der Waals surface area contributed by atoms with E-state index in [2.05, 4.69) is 26.6 Å². The Morgan fingerprint density at radius 2 is 1.65 bits per heavy atom. The summed E-state index contributed by atoms with van der Waals surface area (Å²) in [4.78, 5) is 25.6. The summed E-state index contributed by atoms with van der Waals surface area (Å²) in [5.74, 6) is -5.42. The van der Waals surface area contributed by atoms with Gasteiger partial charge in [0.1, 0.15) is 16.0 Å². The lowest BCUT2D eigenvalue weighted by molar-refractivity contribution is -0.137. The fraction of sp³-hybridized carbons (Fsp3) is 0.167. The molecule has 0 bridgehead atoms. The van der Waals surface area contributed by atoms with Crippen LogP contribution in [0.4, 0.5) is 33.3 Å². The van der Waals surface area contributed by atoms with Gasteiger partial charge in [0.05, 0.1) is 27.8 Å². The average Bonchev–Trinajstić information content (AvgIpc) is 3.38. The number of alkyl halides is 5. The number of nitrogens with one attached hydrogen (secondary N) is 2. The van der Waals surface area contributed by atoms with E-state index in [1.807, 2.05) is 0 Å². The Morgan fingerprint density at radius 1 is 0.946 bits per heavy atom. The molecule has 2 amide bonds. The molecule has 194 valence electrons. The topological polar surface area (TPSA) is 58.2 Å². The van der Waals surface area contributed by atoms with Crippen LogP contribution in [0.3, 0.4) is 0 Å². The van der Waals surface area contributed by atoms with Crippen LogP contribution in [0, 0.1) is 17.6 Å². The fourth-order valence-corrected chi connectivity index (χ4v) is 5.34. The molecule has 2 atom stereocenters. The Labute approximate surface area is 230 Å². The van der Waals surface area contributed by atoms with Gasteiger partial charge in [-0.2, -0.15) is 13.2 Å². The van der Waals surface area contributed by atoms with Crippen LogP contribution >= 0.6 is 50.7 Å². The zero-order valence-electron chi connectivity index (χ0n) is 18.1. The van der Waals surface area contributed by atoms with Gasteiger partial charge in [0.15, 0.2) is 0 Å². The van der Waals surface area contributed by atoms with Crippen molar-refractivity contribution < 1.29 is 31.5 Å². The lowest BCUT2D eigenvalue weighted by Crippen LogP contribution is -2.18. The van der Waals surface area contributed by atoms with Gasteiger partial charge in [0.25, 0.3) is 5.91 Å². The maximum atomic E-state index is 13.9. The Balaban J connectivity index is 1.53. The first kappa shape index (κ1) is 27.6. The lowest BCUT2D eigenvalue weighted by atomic mass is 10.0. The molecule has 4 nitrogen and oxygen atoms in total. The lowest BCUT2D eigenvalue weighted by Gasteiger charge is -2.11. The van der Waals surface area contributed by atoms with Crippen LogP contribution < -0.4 is 10.6 Å². The van der Waals surface area contributed by atoms with Crippen LogP contribution in [0.25, 0.3) is 0 Å². The van der Waals surface area contributed by atoms with E-state index >= 15 is 0 Å². The minimum Gasteiger partial charge on any atom is -0.326 e. The van der Waals surface area contributed by atoms with E-state index in [0.717, 1.165) is 24.3 Å². The molecule has 1 aliphatic carbocycles. The van der Waals surface area contributed by atoms with Crippen LogP contribution in [0.5, 0.6) is 0 Å². The highest BCUT2D eigenvalue weighted by Crippen LogP contribution is 2.65. The molecule has 0 spiro atoms. The van der Waals surface area contributed by atoms with Gasteiger partial charge in [-0.05, 0) is 54.1 Å². The molecule has 1 aliphatic rings. The molecular weight excluding hydrogens is 630 g/mol. The van der Waals surface area contributed by atoms with Gasteiger partial charge in [0, 0.05) is 22.1 Å². The molecule has 3 aromatic carbocycles. The molecule has 2 N–H and O–H groups in total. The van der Waals surface area contributed by atoms with Gasteiger partial charge in [-0.1, -0.05) is 27.5 Å². The summed E-state index contributed by atoms with van der Waals surface area (Å²) >= 11 is 21.7. The molecule has 37 heavy (non-hydrogen) atoms. The van der Waals surface area contributed by atoms with E-state index in [9.17, 15) is 31.5 Å². The van der Waals surface area contributed by atoms with E-state index in [4.69, 9.17) is 34.8 Å². The van der Waals surface area contributed by atoms with Crippen molar-refractivity contribution in [2.24, 2.45) is 5.92 Å². The highest BCUT2D eigenvalue weighted by Gasteiger charge is 2.67. The van der Waals surface area contributed by atoms with E-state index in [1.54, 1.807) is 0 Å². The Bertz CT molecular complexity index is 1420. The predicted octanol–water partition coefficient (Wildman–Crippen LogP) is 8.18. The summed E-state index contributed by atoms with van der Waals surface area (Å²) in [6, 6.07) is 9.62. The number of rotatable bonds is 5. The normalized spacial score (nSPS) is 18.3. The minimum atomic E-state index is -4.62. The summed E-state index contributed by atoms with van der Waals surface area (Å²) in [5, 5.41) is 4.75. The van der Waals surface area contributed by atoms with Crippen molar-refractivity contribution in [1.29, 1.82) is 0 Å². The third-order valence-corrected chi connectivity index (χ3v) is 7.33. The van der Waals surface area contributed by atoms with Crippen LogP contribution in [0.15, 0.2) is 59.1 Å². The number of anilines is 2. The number of benzene rings is 3. The molecule has 13 heteroatoms. The monoisotopic (exact) mass is 640 g/mol. The first-order valence-electron chi connectivity index (χ1n) is 10.3. The van der Waals surface area contributed by atoms with E-state index in [-0.39, 0.29) is 32.0 Å². The smallest absolute Gasteiger partial charge is 0.326 e. The van der Waals surface area contributed by atoms with Crippen LogP contribution in [-0.2, 0) is 11.0 Å². The highest BCUT2D eigenvalue weighted by molar-refractivity contribution is 9.10. The molecule has 3 aromatic rings. The van der Waals surface area contributed by atoms with E-state index in [1.165, 1.54) is 24.3 Å². The van der Waals surface area contributed by atoms with Gasteiger partial charge < -0.3 is 10.6 Å². The molecule has 0 aliphatic heterocycles. The third-order valence-electron chi connectivity index (χ3n) is 5.60. The van der Waals surface area contributed by atoms with Crippen LogP contribution in [-0.4, -0.2) is 16.1 Å². The van der Waals surface area contributed by atoms with E-state index in [0.29, 0.717) is 6.07 Å². The molecule has 1 fully saturated rings. The Kier molecular flexibility index (Phi) is 7.51. The summed E-state index contributed by atoms with van der Waals surface area (Å²) in [6.07, 6.45) is -4.62. The quantitative estimate of drug-likeness (QED) is 0.218. The maximum absolute atomic E-state index is 13.9. The molecule has 0 saturated heterocycles. The molecule has 4 rings (SSSR count). The van der Waals surface area contributed by atoms with Crippen molar-refractivity contribution in [3.05, 3.63) is 92.4 Å². The number of amides is 2. The zero-order valence-corrected chi connectivity index (χ0v) is 21.9. The molecule has 0 aromatic heterocycles. The standard InChI is InChI=1S/C24H13BrCl3F5N2O2/c25-12-6-10(5-11(7-12)24(31,32)33)19-20(23(19,27)28)22(37)34-14-2-3-16(26)15(9-14)21(36)35-18-4-1-13(29)8-17(18)30/h1-9,19-20H,(H,34,37)(H,35,36)/t19-,20+/m0/s1. The maximum Gasteiger partial charge on any atom is 0.416 e. The predicted molar refractivity (Wildman–Crippen MR) is 134 cm³/mol. The summed E-state index contributed by atoms with van der Waals surface area (Å²) in [6.45, 7) is 0. The molecule has 0 radical (unpaired) electrons. The van der Waals surface area contributed by atoms with Gasteiger partial charge in [0.2, 0.25) is 5.91 Å². The second kappa shape index (κ2) is 10.1. The minimum absolute atomic E-state index is 0.0276. The zero-order chi connectivity index (χ0) is 27.3. The molecular formula is C24H13BrCl3F5N2O2. The average molecular weight is 643 g/mol. The van der Waals surface area contributed by atoms with E-state index < -0.39 is 51.4 Å². The van der Waals surface area contributed by atoms with Crippen molar-refractivity contribution in [2.75, 3.05) is 10.6 Å². The Hall–Kier alpha value is -2.40. The van der Waals surface area contributed by atoms with Crippen LogP contribution in [0.2, 0.25) is 5.02 Å². The number of carbonyl (C=O) groups excluding carboxylic acids is 2. The second-order valence-electron chi connectivity index (χ2n) is 8.16. The number of hydrogen-bond acceptors (Lipinski definition) is 2. The first-order chi connectivity index (χ1) is 17.2. The fourth-order valence-electron chi connectivity index (χ4n) is 3.80.